The first-order valence-corrected chi connectivity index (χ1v) is 15.6. The average Bonchev–Trinajstić information content (AvgIpc) is 3.24. The molecule has 10 heteroatoms. The van der Waals surface area contributed by atoms with Gasteiger partial charge in [0.2, 0.25) is 6.29 Å². The van der Waals surface area contributed by atoms with Crippen LogP contribution >= 0.6 is 0 Å². The summed E-state index contributed by atoms with van der Waals surface area (Å²) >= 11 is 0. The van der Waals surface area contributed by atoms with E-state index in [9.17, 15) is 35.4 Å². The van der Waals surface area contributed by atoms with Crippen molar-refractivity contribution in [2.45, 2.75) is 122 Å². The molecule has 10 nitrogen and oxygen atoms in total. The maximum atomic E-state index is 13.7. The van der Waals surface area contributed by atoms with Crippen molar-refractivity contribution in [1.29, 1.82) is 0 Å². The van der Waals surface area contributed by atoms with Gasteiger partial charge in [0.15, 0.2) is 0 Å². The Kier molecular flexibility index (Phi) is 14.0. The molecule has 2 aromatic carbocycles. The molecule has 1 fully saturated rings. The van der Waals surface area contributed by atoms with E-state index in [1.165, 1.54) is 24.6 Å². The molecule has 1 unspecified atom stereocenters. The number of carbonyl (C=O) groups is 1. The third-order valence-corrected chi connectivity index (χ3v) is 7.72. The summed E-state index contributed by atoms with van der Waals surface area (Å²) in [5.41, 5.74) is 1.31. The second kappa shape index (κ2) is 17.4. The maximum Gasteiger partial charge on any atom is 0.347 e. The SMILES string of the molecule is CCCCCCCc1cc(O)cc(OC(=O)c2c(CCCCCCC)cc(O)cc2O[C@H]2O[C@H](C(O)CO)[C@@H](O)[C@@H]2O)c1. The van der Waals surface area contributed by atoms with Crippen LogP contribution in [-0.4, -0.2) is 73.9 Å². The lowest BCUT2D eigenvalue weighted by molar-refractivity contribution is -0.137. The molecule has 2 aromatic rings. The lowest BCUT2D eigenvalue weighted by Gasteiger charge is -2.21. The minimum atomic E-state index is -1.61. The quantitative estimate of drug-likeness (QED) is 0.0809. The van der Waals surface area contributed by atoms with E-state index in [0.29, 0.717) is 12.0 Å². The van der Waals surface area contributed by atoms with Gasteiger partial charge in [-0.05, 0) is 55.0 Å². The zero-order valence-electron chi connectivity index (χ0n) is 25.3. The Morgan fingerprint density at radius 1 is 0.837 bits per heavy atom. The zero-order chi connectivity index (χ0) is 31.4. The van der Waals surface area contributed by atoms with Crippen LogP contribution in [0.1, 0.15) is 99.5 Å². The molecule has 240 valence electrons. The van der Waals surface area contributed by atoms with E-state index >= 15 is 0 Å². The van der Waals surface area contributed by atoms with Crippen molar-refractivity contribution in [2.75, 3.05) is 6.61 Å². The molecular formula is C33H48O10. The largest absolute Gasteiger partial charge is 0.508 e. The van der Waals surface area contributed by atoms with Gasteiger partial charge in [0.25, 0.3) is 0 Å². The fourth-order valence-electron chi connectivity index (χ4n) is 5.35. The van der Waals surface area contributed by atoms with Gasteiger partial charge < -0.3 is 44.8 Å². The number of hydrogen-bond acceptors (Lipinski definition) is 10. The number of carbonyl (C=O) groups excluding carboxylic acids is 1. The van der Waals surface area contributed by atoms with Gasteiger partial charge in [0, 0.05) is 12.1 Å². The summed E-state index contributed by atoms with van der Waals surface area (Å²) in [6.07, 6.45) is 3.97. The second-order valence-electron chi connectivity index (χ2n) is 11.3. The molecule has 1 aliphatic heterocycles. The summed E-state index contributed by atoms with van der Waals surface area (Å²) in [7, 11) is 0. The molecule has 0 spiro atoms. The van der Waals surface area contributed by atoms with Gasteiger partial charge in [-0.15, -0.1) is 0 Å². The van der Waals surface area contributed by atoms with Gasteiger partial charge in [-0.2, -0.15) is 0 Å². The van der Waals surface area contributed by atoms with Crippen LogP contribution in [0, 0.1) is 0 Å². The number of esters is 1. The van der Waals surface area contributed by atoms with Crippen LogP contribution in [0.5, 0.6) is 23.0 Å². The number of aliphatic hydroxyl groups is 4. The van der Waals surface area contributed by atoms with E-state index in [0.717, 1.165) is 69.8 Å². The topological polar surface area (TPSA) is 166 Å². The third kappa shape index (κ3) is 10.1. The number of benzene rings is 2. The van der Waals surface area contributed by atoms with E-state index in [-0.39, 0.29) is 28.6 Å². The Hall–Kier alpha value is -2.89. The fraction of sp³-hybridized carbons (Fsp3) is 0.606. The van der Waals surface area contributed by atoms with Gasteiger partial charge in [0.05, 0.1) is 6.61 Å². The van der Waals surface area contributed by atoms with Crippen molar-refractivity contribution in [1.82, 2.24) is 0 Å². The van der Waals surface area contributed by atoms with Crippen molar-refractivity contribution in [3.05, 3.63) is 47.0 Å². The van der Waals surface area contributed by atoms with E-state index in [1.54, 1.807) is 12.1 Å². The molecule has 0 radical (unpaired) electrons. The van der Waals surface area contributed by atoms with Crippen LogP contribution in [0.15, 0.2) is 30.3 Å². The highest BCUT2D eigenvalue weighted by Crippen LogP contribution is 2.35. The molecule has 0 aromatic heterocycles. The smallest absolute Gasteiger partial charge is 0.347 e. The fourth-order valence-corrected chi connectivity index (χ4v) is 5.35. The zero-order valence-corrected chi connectivity index (χ0v) is 25.3. The van der Waals surface area contributed by atoms with Crippen LogP contribution < -0.4 is 9.47 Å². The number of phenols is 2. The molecule has 0 amide bonds. The number of aliphatic hydroxyl groups excluding tert-OH is 4. The Morgan fingerprint density at radius 3 is 2.12 bits per heavy atom. The molecule has 1 heterocycles. The van der Waals surface area contributed by atoms with Crippen LogP contribution in [0.3, 0.4) is 0 Å². The Morgan fingerprint density at radius 2 is 1.47 bits per heavy atom. The predicted octanol–water partition coefficient (Wildman–Crippen LogP) is 4.52. The van der Waals surface area contributed by atoms with Gasteiger partial charge in [-0.1, -0.05) is 65.2 Å². The van der Waals surface area contributed by atoms with Crippen molar-refractivity contribution < 1.29 is 49.6 Å². The van der Waals surface area contributed by atoms with Crippen molar-refractivity contribution in [2.24, 2.45) is 0 Å². The number of hydrogen-bond donors (Lipinski definition) is 6. The third-order valence-electron chi connectivity index (χ3n) is 7.72. The number of rotatable bonds is 18. The van der Waals surface area contributed by atoms with Gasteiger partial charge in [-0.3, -0.25) is 0 Å². The van der Waals surface area contributed by atoms with Crippen LogP contribution in [0.4, 0.5) is 0 Å². The molecule has 0 aliphatic carbocycles. The summed E-state index contributed by atoms with van der Waals surface area (Å²) in [5, 5.41) is 61.0. The molecule has 3 rings (SSSR count). The summed E-state index contributed by atoms with van der Waals surface area (Å²) in [4.78, 5) is 13.7. The Balaban J connectivity index is 1.87. The first-order chi connectivity index (χ1) is 20.7. The Labute approximate surface area is 253 Å². The van der Waals surface area contributed by atoms with E-state index in [1.807, 2.05) is 0 Å². The highest BCUT2D eigenvalue weighted by molar-refractivity contribution is 5.96. The first kappa shape index (κ1) is 34.6. The highest BCUT2D eigenvalue weighted by atomic mass is 16.7. The monoisotopic (exact) mass is 604 g/mol. The van der Waals surface area contributed by atoms with Crippen LogP contribution in [-0.2, 0) is 17.6 Å². The number of unbranched alkanes of at least 4 members (excludes halogenated alkanes) is 8. The normalized spacial score (nSPS) is 20.7. The lowest BCUT2D eigenvalue weighted by atomic mass is 9.99. The van der Waals surface area contributed by atoms with Crippen LogP contribution in [0.25, 0.3) is 0 Å². The summed E-state index contributed by atoms with van der Waals surface area (Å²) in [6, 6.07) is 7.37. The van der Waals surface area contributed by atoms with Crippen molar-refractivity contribution in [3.8, 4) is 23.0 Å². The minimum Gasteiger partial charge on any atom is -0.508 e. The molecule has 43 heavy (non-hydrogen) atoms. The van der Waals surface area contributed by atoms with Crippen molar-refractivity contribution >= 4 is 5.97 Å². The molecule has 5 atom stereocenters. The highest BCUT2D eigenvalue weighted by Gasteiger charge is 2.47. The van der Waals surface area contributed by atoms with Gasteiger partial charge >= 0.3 is 5.97 Å². The number of aryl methyl sites for hydroxylation is 2. The predicted molar refractivity (Wildman–Crippen MR) is 160 cm³/mol. The Bertz CT molecular complexity index is 1150. The lowest BCUT2D eigenvalue weighted by Crippen LogP contribution is -2.40. The second-order valence-corrected chi connectivity index (χ2v) is 11.3. The number of aromatic hydroxyl groups is 2. The summed E-state index contributed by atoms with van der Waals surface area (Å²) in [6.45, 7) is 3.56. The molecule has 0 bridgehead atoms. The number of phenolic OH excluding ortho intramolecular Hbond substituents is 2. The standard InChI is InChI=1S/C33H48O10/c1-3-5-7-9-11-13-21-15-23(35)18-25(16-21)41-32(40)28-22(14-12-10-8-6-4-2)17-24(36)19-27(28)42-33-30(39)29(38)31(43-33)26(37)20-34/h15-19,26,29-31,33-39H,3-14,20H2,1-2H3/t26?,29-,30-,31+,33-/m0/s1. The molecule has 6 N–H and O–H groups in total. The van der Waals surface area contributed by atoms with E-state index in [4.69, 9.17) is 14.2 Å². The van der Waals surface area contributed by atoms with E-state index in [2.05, 4.69) is 13.8 Å². The van der Waals surface area contributed by atoms with E-state index < -0.39 is 43.3 Å². The first-order valence-electron chi connectivity index (χ1n) is 15.6. The van der Waals surface area contributed by atoms with Crippen LogP contribution in [0.2, 0.25) is 0 Å². The van der Waals surface area contributed by atoms with Crippen molar-refractivity contribution in [3.63, 3.8) is 0 Å². The van der Waals surface area contributed by atoms with Gasteiger partial charge in [-0.25, -0.2) is 4.79 Å². The molecular weight excluding hydrogens is 556 g/mol. The molecule has 1 aliphatic rings. The summed E-state index contributed by atoms with van der Waals surface area (Å²) in [5.74, 6) is -0.992. The summed E-state index contributed by atoms with van der Waals surface area (Å²) < 4.78 is 17.1. The minimum absolute atomic E-state index is 0.00852. The maximum absolute atomic E-state index is 13.7. The molecule has 1 saturated heterocycles. The average molecular weight is 605 g/mol. The number of ether oxygens (including phenoxy) is 3. The molecule has 0 saturated carbocycles. The van der Waals surface area contributed by atoms with Gasteiger partial charge in [0.1, 0.15) is 53.0 Å².